The Morgan fingerprint density at radius 2 is 2.07 bits per heavy atom. The van der Waals surface area contributed by atoms with Crippen LogP contribution >= 0.6 is 23.1 Å². The number of hydrogen-bond donors (Lipinski definition) is 1. The van der Waals surface area contributed by atoms with Gasteiger partial charge in [0.15, 0.2) is 0 Å². The minimum absolute atomic E-state index is 0.500. The van der Waals surface area contributed by atoms with Crippen molar-refractivity contribution in [2.24, 2.45) is 0 Å². The van der Waals surface area contributed by atoms with E-state index in [1.54, 1.807) is 23.1 Å². The lowest BCUT2D eigenvalue weighted by atomic mass is 10.0. The first-order chi connectivity index (χ1) is 7.33. The summed E-state index contributed by atoms with van der Waals surface area (Å²) in [6.45, 7) is 0. The van der Waals surface area contributed by atoms with Gasteiger partial charge < -0.3 is 5.11 Å². The van der Waals surface area contributed by atoms with E-state index in [1.165, 1.54) is 0 Å². The van der Waals surface area contributed by atoms with Gasteiger partial charge in [0.25, 0.3) is 0 Å². The Morgan fingerprint density at radius 1 is 1.27 bits per heavy atom. The number of rotatable bonds is 3. The van der Waals surface area contributed by atoms with Crippen molar-refractivity contribution in [3.05, 3.63) is 52.2 Å². The maximum absolute atomic E-state index is 10.2. The van der Waals surface area contributed by atoms with Crippen molar-refractivity contribution in [2.75, 3.05) is 6.26 Å². The third kappa shape index (κ3) is 2.25. The molecule has 1 nitrogen and oxygen atoms in total. The van der Waals surface area contributed by atoms with Crippen molar-refractivity contribution in [2.45, 2.75) is 11.0 Å². The van der Waals surface area contributed by atoms with Crippen LogP contribution in [0.3, 0.4) is 0 Å². The molecule has 0 aliphatic rings. The first-order valence-electron chi connectivity index (χ1n) is 4.66. The molecule has 1 N–H and O–H groups in total. The van der Waals surface area contributed by atoms with E-state index in [0.29, 0.717) is 0 Å². The Bertz CT molecular complexity index is 423. The van der Waals surface area contributed by atoms with Gasteiger partial charge in [0.2, 0.25) is 0 Å². The molecule has 15 heavy (non-hydrogen) atoms. The van der Waals surface area contributed by atoms with Crippen LogP contribution in [0.5, 0.6) is 0 Å². The number of hydrogen-bond acceptors (Lipinski definition) is 3. The zero-order chi connectivity index (χ0) is 10.7. The molecule has 2 aromatic rings. The summed E-state index contributed by atoms with van der Waals surface area (Å²) in [5.41, 5.74) is 1.96. The molecular weight excluding hydrogens is 224 g/mol. The smallest absolute Gasteiger partial charge is 0.106 e. The van der Waals surface area contributed by atoms with E-state index in [0.717, 1.165) is 16.0 Å². The fraction of sp³-hybridized carbons (Fsp3) is 0.167. The molecule has 1 heterocycles. The first kappa shape index (κ1) is 10.7. The fourth-order valence-corrected chi connectivity index (χ4v) is 2.81. The molecule has 1 aromatic heterocycles. The van der Waals surface area contributed by atoms with Crippen LogP contribution in [0.4, 0.5) is 0 Å². The monoisotopic (exact) mass is 236 g/mol. The van der Waals surface area contributed by atoms with E-state index in [1.807, 2.05) is 47.3 Å². The van der Waals surface area contributed by atoms with Gasteiger partial charge in [-0.2, -0.15) is 11.3 Å². The Hall–Kier alpha value is -0.770. The normalized spacial score (nSPS) is 12.7. The third-order valence-corrected chi connectivity index (χ3v) is 3.81. The van der Waals surface area contributed by atoms with E-state index in [2.05, 4.69) is 0 Å². The van der Waals surface area contributed by atoms with Gasteiger partial charge in [-0.1, -0.05) is 18.2 Å². The molecule has 1 atom stereocenters. The van der Waals surface area contributed by atoms with Gasteiger partial charge >= 0.3 is 0 Å². The summed E-state index contributed by atoms with van der Waals surface area (Å²) in [4.78, 5) is 1.14. The lowest BCUT2D eigenvalue weighted by Gasteiger charge is -2.12. The minimum Gasteiger partial charge on any atom is -0.384 e. The molecule has 2 rings (SSSR count). The quantitative estimate of drug-likeness (QED) is 0.822. The van der Waals surface area contributed by atoms with Crippen LogP contribution in [0.15, 0.2) is 46.0 Å². The lowest BCUT2D eigenvalue weighted by molar-refractivity contribution is 0.218. The molecule has 0 spiro atoms. The predicted octanol–water partition coefficient (Wildman–Crippen LogP) is 3.55. The first-order valence-corrected chi connectivity index (χ1v) is 6.82. The van der Waals surface area contributed by atoms with Crippen LogP contribution in [0.2, 0.25) is 0 Å². The van der Waals surface area contributed by atoms with Crippen LogP contribution in [0, 0.1) is 0 Å². The van der Waals surface area contributed by atoms with Gasteiger partial charge in [-0.3, -0.25) is 0 Å². The van der Waals surface area contributed by atoms with Gasteiger partial charge in [0, 0.05) is 4.90 Å². The van der Waals surface area contributed by atoms with E-state index in [4.69, 9.17) is 0 Å². The van der Waals surface area contributed by atoms with Crippen molar-refractivity contribution < 1.29 is 5.11 Å². The minimum atomic E-state index is -0.500. The van der Waals surface area contributed by atoms with Crippen molar-refractivity contribution in [3.63, 3.8) is 0 Å². The molecule has 0 amide bonds. The molecule has 0 radical (unpaired) electrons. The third-order valence-electron chi connectivity index (χ3n) is 2.29. The molecule has 0 aliphatic carbocycles. The van der Waals surface area contributed by atoms with Crippen LogP contribution in [-0.4, -0.2) is 11.4 Å². The molecule has 0 aliphatic heterocycles. The summed E-state index contributed by atoms with van der Waals surface area (Å²) < 4.78 is 0. The molecule has 1 aromatic carbocycles. The largest absolute Gasteiger partial charge is 0.384 e. The summed E-state index contributed by atoms with van der Waals surface area (Å²) >= 11 is 3.27. The Labute approximate surface area is 97.8 Å². The lowest BCUT2D eigenvalue weighted by Crippen LogP contribution is -1.99. The zero-order valence-corrected chi connectivity index (χ0v) is 10.0. The summed E-state index contributed by atoms with van der Waals surface area (Å²) in [6, 6.07) is 9.94. The maximum Gasteiger partial charge on any atom is 0.106 e. The van der Waals surface area contributed by atoms with Gasteiger partial charge in [0.05, 0.1) is 0 Å². The van der Waals surface area contributed by atoms with Crippen LogP contribution in [-0.2, 0) is 0 Å². The van der Waals surface area contributed by atoms with E-state index < -0.39 is 6.10 Å². The van der Waals surface area contributed by atoms with Crippen molar-refractivity contribution >= 4 is 23.1 Å². The van der Waals surface area contributed by atoms with Crippen LogP contribution in [0.25, 0.3) is 0 Å². The second kappa shape index (κ2) is 4.84. The highest BCUT2D eigenvalue weighted by Gasteiger charge is 2.13. The topological polar surface area (TPSA) is 20.2 Å². The van der Waals surface area contributed by atoms with E-state index in [-0.39, 0.29) is 0 Å². The van der Waals surface area contributed by atoms with Gasteiger partial charge in [0.1, 0.15) is 6.10 Å². The molecule has 0 unspecified atom stereocenters. The number of benzene rings is 1. The molecule has 78 valence electrons. The fourth-order valence-electron chi connectivity index (χ4n) is 1.50. The Kier molecular flexibility index (Phi) is 3.46. The van der Waals surface area contributed by atoms with Crippen molar-refractivity contribution in [3.8, 4) is 0 Å². The summed E-state index contributed by atoms with van der Waals surface area (Å²) in [5, 5.41) is 14.2. The molecule has 0 bridgehead atoms. The highest BCUT2D eigenvalue weighted by molar-refractivity contribution is 7.98. The van der Waals surface area contributed by atoms with Gasteiger partial charge in [-0.25, -0.2) is 0 Å². The second-order valence-electron chi connectivity index (χ2n) is 3.20. The summed E-state index contributed by atoms with van der Waals surface area (Å²) in [5.74, 6) is 0. The standard InChI is InChI=1S/C12H12OS2/c1-14-11-5-3-2-4-10(11)12(13)9-6-7-15-8-9/h2-8,12-13H,1H3/t12-/m1/s1. The van der Waals surface area contributed by atoms with Gasteiger partial charge in [-0.05, 0) is 40.3 Å². The van der Waals surface area contributed by atoms with E-state index in [9.17, 15) is 5.11 Å². The number of aliphatic hydroxyl groups excluding tert-OH is 1. The molecule has 0 saturated carbocycles. The molecule has 0 saturated heterocycles. The highest BCUT2D eigenvalue weighted by atomic mass is 32.2. The average molecular weight is 236 g/mol. The zero-order valence-electron chi connectivity index (χ0n) is 8.38. The van der Waals surface area contributed by atoms with Crippen molar-refractivity contribution in [1.29, 1.82) is 0 Å². The maximum atomic E-state index is 10.2. The molecule has 3 heteroatoms. The second-order valence-corrected chi connectivity index (χ2v) is 4.83. The predicted molar refractivity (Wildman–Crippen MR) is 66.6 cm³/mol. The van der Waals surface area contributed by atoms with Crippen LogP contribution in [0.1, 0.15) is 17.2 Å². The number of thioether (sulfide) groups is 1. The van der Waals surface area contributed by atoms with Gasteiger partial charge in [-0.15, -0.1) is 11.8 Å². The summed E-state index contributed by atoms with van der Waals surface area (Å²) in [7, 11) is 0. The molecule has 0 fully saturated rings. The van der Waals surface area contributed by atoms with E-state index >= 15 is 0 Å². The highest BCUT2D eigenvalue weighted by Crippen LogP contribution is 2.30. The Morgan fingerprint density at radius 3 is 2.73 bits per heavy atom. The number of thiophene rings is 1. The van der Waals surface area contributed by atoms with Crippen LogP contribution < -0.4 is 0 Å². The molecular formula is C12H12OS2. The Balaban J connectivity index is 2.37. The number of aliphatic hydroxyl groups is 1. The SMILES string of the molecule is CSc1ccccc1[C@H](O)c1ccsc1. The average Bonchev–Trinajstić information content (AvgIpc) is 2.81. The summed E-state index contributed by atoms with van der Waals surface area (Å²) in [6.07, 6.45) is 1.53. The van der Waals surface area contributed by atoms with Crippen molar-refractivity contribution in [1.82, 2.24) is 0 Å².